The smallest absolute Gasteiger partial charge is 0.273 e. The summed E-state index contributed by atoms with van der Waals surface area (Å²) in [5, 5.41) is 6.43. The maximum absolute atomic E-state index is 12.1. The van der Waals surface area contributed by atoms with Gasteiger partial charge in [0.05, 0.1) is 23.5 Å². The van der Waals surface area contributed by atoms with E-state index in [4.69, 9.17) is 8.94 Å². The Kier molecular flexibility index (Phi) is 5.22. The van der Waals surface area contributed by atoms with Gasteiger partial charge >= 0.3 is 0 Å². The SMILES string of the molecule is CCCS(=O)(=O)c1ccc(-c2cc(C(=O)NCc3ccco3)no2)cc1. The maximum Gasteiger partial charge on any atom is 0.273 e. The van der Waals surface area contributed by atoms with Crippen LogP contribution in [0.5, 0.6) is 0 Å². The minimum atomic E-state index is -3.27. The normalized spacial score (nSPS) is 11.4. The molecule has 0 aliphatic carbocycles. The Labute approximate surface area is 150 Å². The predicted molar refractivity (Wildman–Crippen MR) is 94.2 cm³/mol. The van der Waals surface area contributed by atoms with E-state index in [0.29, 0.717) is 23.5 Å². The third kappa shape index (κ3) is 4.02. The lowest BCUT2D eigenvalue weighted by Crippen LogP contribution is -2.22. The van der Waals surface area contributed by atoms with Crippen LogP contribution >= 0.6 is 0 Å². The third-order valence-electron chi connectivity index (χ3n) is 3.72. The molecule has 136 valence electrons. The van der Waals surface area contributed by atoms with E-state index in [1.165, 1.54) is 24.5 Å². The van der Waals surface area contributed by atoms with Gasteiger partial charge in [0, 0.05) is 11.6 Å². The minimum absolute atomic E-state index is 0.106. The summed E-state index contributed by atoms with van der Waals surface area (Å²) >= 11 is 0. The van der Waals surface area contributed by atoms with Gasteiger partial charge in [0.25, 0.3) is 5.91 Å². The van der Waals surface area contributed by atoms with Crippen molar-refractivity contribution in [3.8, 4) is 11.3 Å². The number of hydrogen-bond acceptors (Lipinski definition) is 6. The summed E-state index contributed by atoms with van der Waals surface area (Å²) in [5.74, 6) is 0.728. The lowest BCUT2D eigenvalue weighted by atomic mass is 10.1. The molecule has 0 bridgehead atoms. The molecule has 0 unspecified atom stereocenters. The van der Waals surface area contributed by atoms with Gasteiger partial charge in [-0.3, -0.25) is 4.79 Å². The molecule has 0 saturated heterocycles. The third-order valence-corrected chi connectivity index (χ3v) is 5.65. The number of carbonyl (C=O) groups excluding carboxylic acids is 1. The monoisotopic (exact) mass is 374 g/mol. The van der Waals surface area contributed by atoms with Crippen molar-refractivity contribution in [3.05, 3.63) is 60.2 Å². The highest BCUT2D eigenvalue weighted by Crippen LogP contribution is 2.23. The molecule has 0 aliphatic rings. The fraction of sp³-hybridized carbons (Fsp3) is 0.222. The van der Waals surface area contributed by atoms with Crippen molar-refractivity contribution >= 4 is 15.7 Å². The zero-order valence-corrected chi connectivity index (χ0v) is 15.0. The molecule has 7 nitrogen and oxygen atoms in total. The van der Waals surface area contributed by atoms with Gasteiger partial charge in [-0.2, -0.15) is 0 Å². The van der Waals surface area contributed by atoms with Gasteiger partial charge < -0.3 is 14.3 Å². The van der Waals surface area contributed by atoms with E-state index in [1.807, 2.05) is 6.92 Å². The second-order valence-corrected chi connectivity index (χ2v) is 7.79. The lowest BCUT2D eigenvalue weighted by molar-refractivity contribution is 0.0939. The number of amides is 1. The molecular weight excluding hydrogens is 356 g/mol. The van der Waals surface area contributed by atoms with Gasteiger partial charge in [-0.15, -0.1) is 0 Å². The van der Waals surface area contributed by atoms with Gasteiger partial charge in [0.2, 0.25) is 0 Å². The summed E-state index contributed by atoms with van der Waals surface area (Å²) in [4.78, 5) is 12.4. The Balaban J connectivity index is 1.70. The Morgan fingerprint density at radius 2 is 1.96 bits per heavy atom. The molecular formula is C18H18N2O5S. The molecule has 0 atom stereocenters. The highest BCUT2D eigenvalue weighted by Gasteiger charge is 2.16. The highest BCUT2D eigenvalue weighted by atomic mass is 32.2. The molecule has 0 aliphatic heterocycles. The van der Waals surface area contributed by atoms with Crippen molar-refractivity contribution in [2.24, 2.45) is 0 Å². The lowest BCUT2D eigenvalue weighted by Gasteiger charge is -2.03. The number of rotatable bonds is 7. The van der Waals surface area contributed by atoms with Crippen LogP contribution in [-0.4, -0.2) is 25.2 Å². The van der Waals surface area contributed by atoms with E-state index >= 15 is 0 Å². The Bertz CT molecular complexity index is 973. The van der Waals surface area contributed by atoms with Crippen molar-refractivity contribution in [1.29, 1.82) is 0 Å². The van der Waals surface area contributed by atoms with Crippen molar-refractivity contribution in [3.63, 3.8) is 0 Å². The summed E-state index contributed by atoms with van der Waals surface area (Å²) in [6.45, 7) is 2.07. The topological polar surface area (TPSA) is 102 Å². The highest BCUT2D eigenvalue weighted by molar-refractivity contribution is 7.91. The first-order chi connectivity index (χ1) is 12.5. The molecule has 0 saturated carbocycles. The van der Waals surface area contributed by atoms with Gasteiger partial charge in [0.1, 0.15) is 5.76 Å². The largest absolute Gasteiger partial charge is 0.467 e. The van der Waals surface area contributed by atoms with E-state index in [9.17, 15) is 13.2 Å². The summed E-state index contributed by atoms with van der Waals surface area (Å²) in [6.07, 6.45) is 2.09. The van der Waals surface area contributed by atoms with Gasteiger partial charge in [-0.05, 0) is 42.8 Å². The molecule has 3 aromatic rings. The van der Waals surface area contributed by atoms with Gasteiger partial charge in [-0.25, -0.2) is 8.42 Å². The van der Waals surface area contributed by atoms with Crippen LogP contribution in [0.25, 0.3) is 11.3 Å². The van der Waals surface area contributed by atoms with Crippen LogP contribution in [0.2, 0.25) is 0 Å². The van der Waals surface area contributed by atoms with Crippen LogP contribution in [0.4, 0.5) is 0 Å². The van der Waals surface area contributed by atoms with E-state index in [2.05, 4.69) is 10.5 Å². The zero-order chi connectivity index (χ0) is 18.6. The first kappa shape index (κ1) is 17.9. The predicted octanol–water partition coefficient (Wildman–Crippen LogP) is 3.05. The Hall–Kier alpha value is -2.87. The maximum atomic E-state index is 12.1. The number of nitrogens with zero attached hydrogens (tertiary/aromatic N) is 1. The molecule has 26 heavy (non-hydrogen) atoms. The molecule has 8 heteroatoms. The quantitative estimate of drug-likeness (QED) is 0.682. The number of carbonyl (C=O) groups is 1. The molecule has 0 radical (unpaired) electrons. The molecule has 1 aromatic carbocycles. The summed E-state index contributed by atoms with van der Waals surface area (Å²) in [6, 6.07) is 11.3. The van der Waals surface area contributed by atoms with Crippen LogP contribution in [0.1, 0.15) is 29.6 Å². The molecule has 1 amide bonds. The van der Waals surface area contributed by atoms with Crippen molar-refractivity contribution < 1.29 is 22.2 Å². The van der Waals surface area contributed by atoms with Crippen LogP contribution in [0.15, 0.2) is 62.6 Å². The molecule has 3 rings (SSSR count). The van der Waals surface area contributed by atoms with E-state index in [-0.39, 0.29) is 22.9 Å². The average Bonchev–Trinajstić information content (AvgIpc) is 3.32. The molecule has 2 heterocycles. The Morgan fingerprint density at radius 1 is 1.19 bits per heavy atom. The first-order valence-electron chi connectivity index (χ1n) is 8.10. The molecule has 2 aromatic heterocycles. The van der Waals surface area contributed by atoms with Crippen molar-refractivity contribution in [1.82, 2.24) is 10.5 Å². The van der Waals surface area contributed by atoms with Crippen molar-refractivity contribution in [2.75, 3.05) is 5.75 Å². The van der Waals surface area contributed by atoms with Crippen LogP contribution in [-0.2, 0) is 16.4 Å². The van der Waals surface area contributed by atoms with Crippen LogP contribution < -0.4 is 5.32 Å². The fourth-order valence-electron chi connectivity index (χ4n) is 2.40. The average molecular weight is 374 g/mol. The van der Waals surface area contributed by atoms with E-state index < -0.39 is 15.7 Å². The Morgan fingerprint density at radius 3 is 2.62 bits per heavy atom. The summed E-state index contributed by atoms with van der Waals surface area (Å²) < 4.78 is 34.4. The fourth-order valence-corrected chi connectivity index (χ4v) is 3.73. The number of hydrogen-bond donors (Lipinski definition) is 1. The standard InChI is InChI=1S/C18H18N2O5S/c1-2-10-26(22,23)15-7-5-13(6-8-15)17-11-16(20-25-17)18(21)19-12-14-4-3-9-24-14/h3-9,11H,2,10,12H2,1H3,(H,19,21). The number of aromatic nitrogens is 1. The minimum Gasteiger partial charge on any atom is -0.467 e. The summed E-state index contributed by atoms with van der Waals surface area (Å²) in [5.41, 5.74) is 0.771. The number of furan rings is 1. The number of nitrogens with one attached hydrogen (secondary N) is 1. The van der Waals surface area contributed by atoms with Crippen molar-refractivity contribution in [2.45, 2.75) is 24.8 Å². The molecule has 0 spiro atoms. The van der Waals surface area contributed by atoms with E-state index in [0.717, 1.165) is 0 Å². The second kappa shape index (κ2) is 7.57. The van der Waals surface area contributed by atoms with E-state index in [1.54, 1.807) is 24.3 Å². The van der Waals surface area contributed by atoms with Gasteiger partial charge in [-0.1, -0.05) is 12.1 Å². The number of sulfone groups is 1. The first-order valence-corrected chi connectivity index (χ1v) is 9.75. The summed E-state index contributed by atoms with van der Waals surface area (Å²) in [7, 11) is -3.27. The second-order valence-electron chi connectivity index (χ2n) is 5.68. The molecule has 0 fully saturated rings. The number of benzene rings is 1. The van der Waals surface area contributed by atoms with Crippen LogP contribution in [0, 0.1) is 0 Å². The zero-order valence-electron chi connectivity index (χ0n) is 14.1. The van der Waals surface area contributed by atoms with Gasteiger partial charge in [0.15, 0.2) is 21.3 Å². The van der Waals surface area contributed by atoms with Crippen LogP contribution in [0.3, 0.4) is 0 Å². The molecule has 1 N–H and O–H groups in total.